The number of carbonyl (C=O) groups is 1. The maximum absolute atomic E-state index is 12.3. The van der Waals surface area contributed by atoms with Crippen LogP contribution < -0.4 is 15.8 Å². The van der Waals surface area contributed by atoms with Crippen molar-refractivity contribution in [3.63, 3.8) is 0 Å². The number of nitrogens with one attached hydrogen (secondary N) is 2. The Bertz CT molecular complexity index is 858. The Labute approximate surface area is 173 Å². The molecule has 2 aromatic carbocycles. The monoisotopic (exact) mass is 425 g/mol. The van der Waals surface area contributed by atoms with Crippen molar-refractivity contribution in [1.29, 1.82) is 0 Å². The van der Waals surface area contributed by atoms with Gasteiger partial charge >= 0.3 is 0 Å². The molecule has 0 aliphatic rings. The van der Waals surface area contributed by atoms with Gasteiger partial charge in [-0.3, -0.25) is 4.79 Å². The van der Waals surface area contributed by atoms with Crippen LogP contribution in [0.1, 0.15) is 30.5 Å². The summed E-state index contributed by atoms with van der Waals surface area (Å²) in [5.41, 5.74) is 8.39. The van der Waals surface area contributed by atoms with Crippen LogP contribution in [0.2, 0.25) is 0 Å². The van der Waals surface area contributed by atoms with Crippen LogP contribution in [-0.2, 0) is 33.5 Å². The van der Waals surface area contributed by atoms with Crippen LogP contribution >= 0.6 is 12.4 Å². The number of hydrogen-bond acceptors (Lipinski definition) is 4. The quantitative estimate of drug-likeness (QED) is 0.572. The van der Waals surface area contributed by atoms with Gasteiger partial charge in [0.15, 0.2) is 0 Å². The molecule has 0 spiro atoms. The Kier molecular flexibility index (Phi) is 9.61. The van der Waals surface area contributed by atoms with Gasteiger partial charge in [0.1, 0.15) is 0 Å². The lowest BCUT2D eigenvalue weighted by molar-refractivity contribution is -0.122. The molecule has 0 heterocycles. The first kappa shape index (κ1) is 24.1. The molecule has 2 aromatic rings. The molecule has 0 aliphatic carbocycles. The summed E-state index contributed by atoms with van der Waals surface area (Å²) in [5, 5.41) is 2.81. The predicted molar refractivity (Wildman–Crippen MR) is 115 cm³/mol. The van der Waals surface area contributed by atoms with E-state index in [0.717, 1.165) is 11.1 Å². The third kappa shape index (κ3) is 7.98. The van der Waals surface area contributed by atoms with Crippen molar-refractivity contribution in [2.24, 2.45) is 5.73 Å². The minimum atomic E-state index is -3.44. The SMILES string of the molecule is CC(C)NS(=O)(=O)Cc1ccccc1CNC(=O)[C@@H](N)Cc1ccccc1.Cl. The topological polar surface area (TPSA) is 101 Å². The second-order valence-electron chi connectivity index (χ2n) is 6.81. The highest BCUT2D eigenvalue weighted by molar-refractivity contribution is 7.88. The van der Waals surface area contributed by atoms with Gasteiger partial charge in [-0.05, 0) is 37.0 Å². The molecule has 0 unspecified atom stereocenters. The Morgan fingerprint density at radius 1 is 1.00 bits per heavy atom. The number of carbonyl (C=O) groups excluding carboxylic acids is 1. The van der Waals surface area contributed by atoms with Crippen molar-refractivity contribution in [1.82, 2.24) is 10.0 Å². The molecule has 0 saturated carbocycles. The van der Waals surface area contributed by atoms with E-state index in [-0.39, 0.29) is 36.7 Å². The molecule has 28 heavy (non-hydrogen) atoms. The molecule has 8 heteroatoms. The van der Waals surface area contributed by atoms with E-state index in [4.69, 9.17) is 5.73 Å². The Hall–Kier alpha value is -1.93. The van der Waals surface area contributed by atoms with Crippen LogP contribution in [0.3, 0.4) is 0 Å². The summed E-state index contributed by atoms with van der Waals surface area (Å²) in [6, 6.07) is 15.9. The van der Waals surface area contributed by atoms with Crippen molar-refractivity contribution >= 4 is 28.3 Å². The summed E-state index contributed by atoms with van der Waals surface area (Å²) in [4.78, 5) is 12.3. The fraction of sp³-hybridized carbons (Fsp3) is 0.350. The number of rotatable bonds is 9. The molecule has 4 N–H and O–H groups in total. The van der Waals surface area contributed by atoms with Crippen LogP contribution in [0.25, 0.3) is 0 Å². The number of amides is 1. The van der Waals surface area contributed by atoms with Crippen LogP contribution in [0.15, 0.2) is 54.6 Å². The highest BCUT2D eigenvalue weighted by Crippen LogP contribution is 2.13. The van der Waals surface area contributed by atoms with Crippen molar-refractivity contribution in [2.45, 2.75) is 44.6 Å². The van der Waals surface area contributed by atoms with Gasteiger partial charge in [-0.15, -0.1) is 12.4 Å². The van der Waals surface area contributed by atoms with Gasteiger partial charge in [0.25, 0.3) is 0 Å². The average Bonchev–Trinajstić information content (AvgIpc) is 2.60. The molecule has 0 saturated heterocycles. The molecule has 6 nitrogen and oxygen atoms in total. The van der Waals surface area contributed by atoms with Crippen molar-refractivity contribution in [2.75, 3.05) is 0 Å². The molecule has 0 fully saturated rings. The van der Waals surface area contributed by atoms with Crippen LogP contribution in [0.5, 0.6) is 0 Å². The van der Waals surface area contributed by atoms with Gasteiger partial charge in [0.05, 0.1) is 11.8 Å². The highest BCUT2D eigenvalue weighted by atomic mass is 35.5. The van der Waals surface area contributed by atoms with Crippen molar-refractivity contribution < 1.29 is 13.2 Å². The maximum atomic E-state index is 12.3. The minimum Gasteiger partial charge on any atom is -0.351 e. The lowest BCUT2D eigenvalue weighted by atomic mass is 10.1. The molecule has 2 rings (SSSR count). The molecule has 0 radical (unpaired) electrons. The fourth-order valence-corrected chi connectivity index (χ4v) is 4.24. The van der Waals surface area contributed by atoms with Gasteiger partial charge in [0, 0.05) is 12.6 Å². The molecular formula is C20H28ClN3O3S. The van der Waals surface area contributed by atoms with E-state index in [0.29, 0.717) is 12.0 Å². The number of sulfonamides is 1. The van der Waals surface area contributed by atoms with Gasteiger partial charge in [-0.25, -0.2) is 13.1 Å². The summed E-state index contributed by atoms with van der Waals surface area (Å²) >= 11 is 0. The predicted octanol–water partition coefficient (Wildman–Crippen LogP) is 2.12. The van der Waals surface area contributed by atoms with Crippen LogP contribution in [0, 0.1) is 0 Å². The van der Waals surface area contributed by atoms with Crippen molar-refractivity contribution in [3.05, 3.63) is 71.3 Å². The number of hydrogen-bond donors (Lipinski definition) is 3. The summed E-state index contributed by atoms with van der Waals surface area (Å²) in [6.45, 7) is 3.78. The first-order valence-corrected chi connectivity index (χ1v) is 10.6. The summed E-state index contributed by atoms with van der Waals surface area (Å²) < 4.78 is 27.0. The standard InChI is InChI=1S/C20H27N3O3S.ClH/c1-15(2)23-27(25,26)14-18-11-7-6-10-17(18)13-22-20(24)19(21)12-16-8-4-3-5-9-16;/h3-11,15,19,23H,12-14,21H2,1-2H3,(H,22,24);1H/t19-;/m0./s1. The molecule has 0 aliphatic heterocycles. The van der Waals surface area contributed by atoms with Gasteiger partial charge in [-0.2, -0.15) is 0 Å². The third-order valence-electron chi connectivity index (χ3n) is 3.97. The molecule has 1 atom stereocenters. The van der Waals surface area contributed by atoms with E-state index in [1.54, 1.807) is 26.0 Å². The summed E-state index contributed by atoms with van der Waals surface area (Å²) in [5.74, 6) is -0.398. The molecule has 0 aromatic heterocycles. The van der Waals surface area contributed by atoms with Gasteiger partial charge in [-0.1, -0.05) is 54.6 Å². The van der Waals surface area contributed by atoms with Crippen molar-refractivity contribution in [3.8, 4) is 0 Å². The van der Waals surface area contributed by atoms with E-state index < -0.39 is 16.1 Å². The largest absolute Gasteiger partial charge is 0.351 e. The lowest BCUT2D eigenvalue weighted by Crippen LogP contribution is -2.41. The number of benzene rings is 2. The van der Waals surface area contributed by atoms with E-state index in [9.17, 15) is 13.2 Å². The Balaban J connectivity index is 0.00000392. The fourth-order valence-electron chi connectivity index (χ4n) is 2.75. The van der Waals surface area contributed by atoms with E-state index in [1.165, 1.54) is 0 Å². The Morgan fingerprint density at radius 2 is 1.57 bits per heavy atom. The lowest BCUT2D eigenvalue weighted by Gasteiger charge is -2.15. The second-order valence-corrected chi connectivity index (χ2v) is 8.57. The van der Waals surface area contributed by atoms with Gasteiger partial charge in [0.2, 0.25) is 15.9 Å². The van der Waals surface area contributed by atoms with E-state index in [2.05, 4.69) is 10.0 Å². The molecule has 1 amide bonds. The number of nitrogens with two attached hydrogens (primary N) is 1. The Morgan fingerprint density at radius 3 is 2.18 bits per heavy atom. The second kappa shape index (κ2) is 11.2. The average molecular weight is 426 g/mol. The zero-order chi connectivity index (χ0) is 19.9. The molecule has 154 valence electrons. The first-order chi connectivity index (χ1) is 12.8. The zero-order valence-electron chi connectivity index (χ0n) is 16.1. The number of halogens is 1. The molecule has 0 bridgehead atoms. The highest BCUT2D eigenvalue weighted by Gasteiger charge is 2.17. The first-order valence-electron chi connectivity index (χ1n) is 8.91. The third-order valence-corrected chi connectivity index (χ3v) is 5.49. The molecular weight excluding hydrogens is 398 g/mol. The van der Waals surface area contributed by atoms with Gasteiger partial charge < -0.3 is 11.1 Å². The van der Waals surface area contributed by atoms with Crippen LogP contribution in [0.4, 0.5) is 0 Å². The smallest absolute Gasteiger partial charge is 0.237 e. The maximum Gasteiger partial charge on any atom is 0.237 e. The zero-order valence-corrected chi connectivity index (χ0v) is 17.7. The minimum absolute atomic E-state index is 0. The normalized spacial score (nSPS) is 12.3. The summed E-state index contributed by atoms with van der Waals surface area (Å²) in [7, 11) is -3.44. The van der Waals surface area contributed by atoms with Crippen LogP contribution in [-0.4, -0.2) is 26.4 Å². The van der Waals surface area contributed by atoms with E-state index >= 15 is 0 Å². The summed E-state index contributed by atoms with van der Waals surface area (Å²) in [6.07, 6.45) is 0.445. The van der Waals surface area contributed by atoms with E-state index in [1.807, 2.05) is 42.5 Å².